The normalized spacial score (nSPS) is 12.2. The Kier molecular flexibility index (Phi) is 3.59. The molecule has 0 bridgehead atoms. The Labute approximate surface area is 94.0 Å². The second kappa shape index (κ2) is 4.54. The van der Waals surface area contributed by atoms with Gasteiger partial charge in [-0.1, -0.05) is 11.6 Å². The molecule has 0 aliphatic carbocycles. The first-order chi connectivity index (χ1) is 6.97. The van der Waals surface area contributed by atoms with Crippen LogP contribution in [0.5, 0.6) is 0 Å². The summed E-state index contributed by atoms with van der Waals surface area (Å²) in [5.41, 5.74) is 0.0434. The first kappa shape index (κ1) is 11.9. The fourth-order valence-corrected chi connectivity index (χ4v) is 2.01. The predicted molar refractivity (Wildman–Crippen MR) is 54.2 cm³/mol. The van der Waals surface area contributed by atoms with Crippen molar-refractivity contribution in [3.8, 4) is 0 Å². The van der Waals surface area contributed by atoms with Crippen LogP contribution in [0.2, 0.25) is 4.47 Å². The number of esters is 1. The van der Waals surface area contributed by atoms with Gasteiger partial charge in [-0.2, -0.15) is 0 Å². The van der Waals surface area contributed by atoms with E-state index in [-0.39, 0.29) is 15.2 Å². The van der Waals surface area contributed by atoms with E-state index in [1.807, 2.05) is 0 Å². The van der Waals surface area contributed by atoms with Crippen LogP contribution in [0.4, 0.5) is 5.00 Å². The highest BCUT2D eigenvalue weighted by atomic mass is 35.5. The number of methoxy groups -OCH3 is 1. The third-order valence-electron chi connectivity index (χ3n) is 1.74. The van der Waals surface area contributed by atoms with Crippen molar-refractivity contribution in [2.24, 2.45) is 0 Å². The smallest absolute Gasteiger partial charge is 0.349 e. The van der Waals surface area contributed by atoms with Gasteiger partial charge in [0.2, 0.25) is 0 Å². The Bertz CT molecular complexity index is 406. The number of carbonyl (C=O) groups excluding carboxylic acids is 1. The number of nitrogens with zero attached hydrogens (tertiary/aromatic N) is 2. The molecule has 0 spiro atoms. The van der Waals surface area contributed by atoms with Crippen molar-refractivity contribution < 1.29 is 14.5 Å². The zero-order chi connectivity index (χ0) is 11.6. The number of ether oxygens (including phenoxy) is 1. The van der Waals surface area contributed by atoms with Gasteiger partial charge in [0.1, 0.15) is 11.6 Å². The van der Waals surface area contributed by atoms with Crippen LogP contribution in [0.3, 0.4) is 0 Å². The number of hydrogen-bond acceptors (Lipinski definition) is 6. The van der Waals surface area contributed by atoms with Crippen molar-refractivity contribution in [1.29, 1.82) is 0 Å². The van der Waals surface area contributed by atoms with Gasteiger partial charge in [-0.25, -0.2) is 4.98 Å². The van der Waals surface area contributed by atoms with Gasteiger partial charge < -0.3 is 4.74 Å². The first-order valence-corrected chi connectivity index (χ1v) is 5.05. The molecule has 0 radical (unpaired) electrons. The average molecular weight is 251 g/mol. The molecule has 82 valence electrons. The summed E-state index contributed by atoms with van der Waals surface area (Å²) < 4.78 is 4.51. The van der Waals surface area contributed by atoms with Crippen LogP contribution >= 0.6 is 22.9 Å². The fraction of sp³-hybridized carbons (Fsp3) is 0.429. The minimum atomic E-state index is -0.792. The van der Waals surface area contributed by atoms with Crippen LogP contribution in [-0.4, -0.2) is 23.0 Å². The Hall–Kier alpha value is -1.21. The minimum Gasteiger partial charge on any atom is -0.469 e. The molecule has 0 saturated carbocycles. The van der Waals surface area contributed by atoms with Crippen LogP contribution in [0.25, 0.3) is 0 Å². The molecule has 0 aliphatic rings. The quantitative estimate of drug-likeness (QED) is 0.465. The molecule has 15 heavy (non-hydrogen) atoms. The van der Waals surface area contributed by atoms with E-state index in [4.69, 9.17) is 11.6 Å². The summed E-state index contributed by atoms with van der Waals surface area (Å²) in [6.45, 7) is 1.48. The summed E-state index contributed by atoms with van der Waals surface area (Å²) in [5.74, 6) is -1.38. The molecular formula is C7H7ClN2O4S. The van der Waals surface area contributed by atoms with E-state index in [9.17, 15) is 14.9 Å². The fourth-order valence-electron chi connectivity index (χ4n) is 0.999. The Morgan fingerprint density at radius 1 is 1.73 bits per heavy atom. The number of nitro groups is 1. The number of rotatable bonds is 3. The SMILES string of the molecule is COC(=O)C(C)c1nc(Cl)sc1[N+](=O)[O-]. The van der Waals surface area contributed by atoms with Crippen molar-refractivity contribution in [3.05, 3.63) is 20.3 Å². The molecule has 0 amide bonds. The largest absolute Gasteiger partial charge is 0.469 e. The molecule has 0 aliphatic heterocycles. The molecule has 0 N–H and O–H groups in total. The summed E-state index contributed by atoms with van der Waals surface area (Å²) in [6.07, 6.45) is 0. The number of thiazole rings is 1. The Balaban J connectivity index is 3.12. The summed E-state index contributed by atoms with van der Waals surface area (Å²) in [4.78, 5) is 24.9. The minimum absolute atomic E-state index is 0.0347. The van der Waals surface area contributed by atoms with Crippen molar-refractivity contribution in [2.75, 3.05) is 7.11 Å². The highest BCUT2D eigenvalue weighted by Gasteiger charge is 2.29. The van der Waals surface area contributed by atoms with Crippen molar-refractivity contribution in [2.45, 2.75) is 12.8 Å². The monoisotopic (exact) mass is 250 g/mol. The zero-order valence-corrected chi connectivity index (χ0v) is 9.46. The highest BCUT2D eigenvalue weighted by molar-refractivity contribution is 7.18. The molecular weight excluding hydrogens is 244 g/mol. The van der Waals surface area contributed by atoms with Gasteiger partial charge in [0.15, 0.2) is 4.47 Å². The molecule has 0 aromatic carbocycles. The lowest BCUT2D eigenvalue weighted by Gasteiger charge is -2.04. The van der Waals surface area contributed by atoms with E-state index in [2.05, 4.69) is 9.72 Å². The number of aromatic nitrogens is 1. The van der Waals surface area contributed by atoms with Gasteiger partial charge in [0, 0.05) is 0 Å². The third kappa shape index (κ3) is 2.42. The molecule has 6 nitrogen and oxygen atoms in total. The molecule has 1 aromatic rings. The Morgan fingerprint density at radius 2 is 2.33 bits per heavy atom. The molecule has 8 heteroatoms. The Morgan fingerprint density at radius 3 is 2.80 bits per heavy atom. The summed E-state index contributed by atoms with van der Waals surface area (Å²) >= 11 is 6.28. The van der Waals surface area contributed by atoms with Crippen LogP contribution in [0.15, 0.2) is 0 Å². The molecule has 1 rings (SSSR count). The molecule has 1 aromatic heterocycles. The topological polar surface area (TPSA) is 82.3 Å². The van der Waals surface area contributed by atoms with Crippen LogP contribution < -0.4 is 0 Å². The van der Waals surface area contributed by atoms with Crippen LogP contribution in [0.1, 0.15) is 18.5 Å². The third-order valence-corrected chi connectivity index (χ3v) is 2.87. The lowest BCUT2D eigenvalue weighted by Crippen LogP contribution is -2.12. The maximum absolute atomic E-state index is 11.2. The van der Waals surface area contributed by atoms with Crippen LogP contribution in [0, 0.1) is 10.1 Å². The van der Waals surface area contributed by atoms with Crippen molar-refractivity contribution in [1.82, 2.24) is 4.98 Å². The van der Waals surface area contributed by atoms with Crippen LogP contribution in [-0.2, 0) is 9.53 Å². The number of halogens is 1. The standard InChI is InChI=1S/C7H7ClN2O4S/c1-3(6(11)14-2)4-5(10(12)13)15-7(8)9-4/h3H,1-2H3. The molecule has 0 fully saturated rings. The summed E-state index contributed by atoms with van der Waals surface area (Å²) in [6, 6.07) is 0. The van der Waals surface area contributed by atoms with Gasteiger partial charge in [-0.15, -0.1) is 0 Å². The lowest BCUT2D eigenvalue weighted by atomic mass is 10.1. The van der Waals surface area contributed by atoms with E-state index < -0.39 is 16.8 Å². The van der Waals surface area contributed by atoms with Gasteiger partial charge in [-0.3, -0.25) is 14.9 Å². The highest BCUT2D eigenvalue weighted by Crippen LogP contribution is 2.34. The first-order valence-electron chi connectivity index (χ1n) is 3.85. The van der Waals surface area contributed by atoms with E-state index in [1.54, 1.807) is 0 Å². The maximum atomic E-state index is 11.2. The molecule has 1 unspecified atom stereocenters. The summed E-state index contributed by atoms with van der Waals surface area (Å²) in [7, 11) is 1.21. The predicted octanol–water partition coefficient (Wildman–Crippen LogP) is 1.98. The summed E-state index contributed by atoms with van der Waals surface area (Å²) in [5, 5.41) is 10.4. The van der Waals surface area contributed by atoms with Crippen molar-refractivity contribution in [3.63, 3.8) is 0 Å². The van der Waals surface area contributed by atoms with Gasteiger partial charge in [0.25, 0.3) is 0 Å². The lowest BCUT2D eigenvalue weighted by molar-refractivity contribution is -0.381. The molecule has 0 saturated heterocycles. The second-order valence-corrected chi connectivity index (χ2v) is 4.22. The van der Waals surface area contributed by atoms with E-state index in [1.165, 1.54) is 14.0 Å². The van der Waals surface area contributed by atoms with Crippen molar-refractivity contribution >= 4 is 33.9 Å². The number of hydrogen-bond donors (Lipinski definition) is 0. The molecule has 1 atom stereocenters. The van der Waals surface area contributed by atoms with E-state index in [0.717, 1.165) is 11.3 Å². The second-order valence-electron chi connectivity index (χ2n) is 2.66. The molecule has 1 heterocycles. The van der Waals surface area contributed by atoms with Gasteiger partial charge >= 0.3 is 11.0 Å². The van der Waals surface area contributed by atoms with Gasteiger partial charge in [-0.05, 0) is 18.3 Å². The van der Waals surface area contributed by atoms with Gasteiger partial charge in [0.05, 0.1) is 12.0 Å². The zero-order valence-electron chi connectivity index (χ0n) is 7.89. The number of carbonyl (C=O) groups is 1. The van der Waals surface area contributed by atoms with E-state index in [0.29, 0.717) is 0 Å². The average Bonchev–Trinajstić information content (AvgIpc) is 2.58. The van der Waals surface area contributed by atoms with E-state index >= 15 is 0 Å². The maximum Gasteiger partial charge on any atom is 0.349 e.